The maximum Gasteiger partial charge on any atom is 0.241 e. The summed E-state index contributed by atoms with van der Waals surface area (Å²) in [6.45, 7) is 2.03. The van der Waals surface area contributed by atoms with Crippen LogP contribution in [0.15, 0.2) is 71.6 Å². The van der Waals surface area contributed by atoms with E-state index < -0.39 is 15.3 Å². The van der Waals surface area contributed by atoms with Crippen LogP contribution in [0.3, 0.4) is 0 Å². The minimum absolute atomic E-state index is 0.0802. The van der Waals surface area contributed by atoms with Crippen molar-refractivity contribution in [2.24, 2.45) is 0 Å². The lowest BCUT2D eigenvalue weighted by Gasteiger charge is -2.16. The molecule has 1 unspecified atom stereocenters. The number of hydrogen-bond donors (Lipinski definition) is 2. The molecule has 0 fully saturated rings. The van der Waals surface area contributed by atoms with Crippen molar-refractivity contribution in [3.05, 3.63) is 72.3 Å². The molecule has 3 aromatic carbocycles. The van der Waals surface area contributed by atoms with Gasteiger partial charge in [0.05, 0.1) is 42.9 Å². The van der Waals surface area contributed by atoms with Gasteiger partial charge in [-0.1, -0.05) is 66.8 Å². The fraction of sp³-hybridized carbons (Fsp3) is 0.217. The average Bonchev–Trinajstić information content (AvgIpc) is 2.81. The van der Waals surface area contributed by atoms with E-state index >= 15 is 0 Å². The Morgan fingerprint density at radius 1 is 1.03 bits per heavy atom. The second kappa shape index (κ2) is 11.6. The minimum atomic E-state index is -3.75. The Hall–Kier alpha value is -1.73. The van der Waals surface area contributed by atoms with Crippen molar-refractivity contribution in [2.75, 3.05) is 23.3 Å². The Morgan fingerprint density at radius 2 is 1.70 bits per heavy atom. The summed E-state index contributed by atoms with van der Waals surface area (Å²) < 4.78 is 31.0. The van der Waals surface area contributed by atoms with E-state index in [0.717, 1.165) is 16.6 Å². The predicted octanol–water partition coefficient (Wildman–Crippen LogP) is 4.52. The van der Waals surface area contributed by atoms with Crippen molar-refractivity contribution < 1.29 is 13.2 Å². The fourth-order valence-corrected chi connectivity index (χ4v) is 6.24. The predicted molar refractivity (Wildman–Crippen MR) is 150 cm³/mol. The number of anilines is 1. The molecule has 0 heterocycles. The second-order valence-electron chi connectivity index (χ2n) is 7.21. The molecule has 0 aromatic heterocycles. The molecular weight excluding hydrogens is 589 g/mol. The van der Waals surface area contributed by atoms with Crippen LogP contribution in [0.5, 0.6) is 0 Å². The Kier molecular flexibility index (Phi) is 9.10. The van der Waals surface area contributed by atoms with Gasteiger partial charge in [0.25, 0.3) is 0 Å². The van der Waals surface area contributed by atoms with E-state index in [0.29, 0.717) is 9.58 Å². The van der Waals surface area contributed by atoms with E-state index in [-0.39, 0.29) is 23.9 Å². The number of thioether (sulfide) groups is 1. The monoisotopic (exact) mass is 613 g/mol. The number of carbonyl (C=O) groups is 1. The van der Waals surface area contributed by atoms with Gasteiger partial charge in [-0.3, -0.25) is 4.79 Å². The van der Waals surface area contributed by atoms with E-state index in [2.05, 4.69) is 32.9 Å². The molecule has 0 aliphatic rings. The summed E-state index contributed by atoms with van der Waals surface area (Å²) in [7, 11) is -1.84. The van der Waals surface area contributed by atoms with Gasteiger partial charge in [-0.05, 0) is 24.6 Å². The summed E-state index contributed by atoms with van der Waals surface area (Å²) in [5, 5.41) is 3.88. The molecule has 0 spiro atoms. The SMILES string of the molecule is CC(SC(=S)c1ccccc1)C(=O)NCCNS(=O)(=O)c1cccc2c(N(C)I)cccc12. The molecule has 0 saturated carbocycles. The summed E-state index contributed by atoms with van der Waals surface area (Å²) in [5.74, 6) is -0.197. The number of fused-ring (bicyclic) bond motifs is 1. The van der Waals surface area contributed by atoms with Gasteiger partial charge in [-0.25, -0.2) is 13.1 Å². The molecule has 33 heavy (non-hydrogen) atoms. The van der Waals surface area contributed by atoms with Crippen LogP contribution in [0.25, 0.3) is 10.8 Å². The minimum Gasteiger partial charge on any atom is -0.354 e. The third kappa shape index (κ3) is 6.66. The number of benzene rings is 3. The molecular formula is C23H24IN3O3S3. The summed E-state index contributed by atoms with van der Waals surface area (Å²) in [5.41, 5.74) is 1.83. The number of amides is 1. The van der Waals surface area contributed by atoms with Crippen molar-refractivity contribution >= 4 is 83.4 Å². The van der Waals surface area contributed by atoms with Gasteiger partial charge in [0.1, 0.15) is 0 Å². The van der Waals surface area contributed by atoms with Crippen molar-refractivity contribution in [1.82, 2.24) is 10.0 Å². The van der Waals surface area contributed by atoms with Crippen molar-refractivity contribution in [2.45, 2.75) is 17.1 Å². The molecule has 10 heteroatoms. The van der Waals surface area contributed by atoms with Gasteiger partial charge in [-0.2, -0.15) is 0 Å². The van der Waals surface area contributed by atoms with Crippen LogP contribution in [0, 0.1) is 0 Å². The maximum absolute atomic E-state index is 12.9. The number of rotatable bonds is 9. The highest BCUT2D eigenvalue weighted by molar-refractivity contribution is 14.1. The maximum atomic E-state index is 12.9. The van der Waals surface area contributed by atoms with Crippen LogP contribution in [0.2, 0.25) is 0 Å². The largest absolute Gasteiger partial charge is 0.354 e. The van der Waals surface area contributed by atoms with Gasteiger partial charge in [-0.15, -0.1) is 11.8 Å². The number of sulfonamides is 1. The van der Waals surface area contributed by atoms with E-state index in [1.54, 1.807) is 25.1 Å². The van der Waals surface area contributed by atoms with Crippen LogP contribution in [0.1, 0.15) is 12.5 Å². The van der Waals surface area contributed by atoms with Crippen LogP contribution >= 0.6 is 46.8 Å². The number of carbonyl (C=O) groups excluding carboxylic acids is 1. The number of halogens is 1. The molecule has 174 valence electrons. The van der Waals surface area contributed by atoms with Crippen LogP contribution < -0.4 is 13.2 Å². The van der Waals surface area contributed by atoms with Crippen molar-refractivity contribution in [1.29, 1.82) is 0 Å². The van der Waals surface area contributed by atoms with Crippen molar-refractivity contribution in [3.63, 3.8) is 0 Å². The van der Waals surface area contributed by atoms with Crippen LogP contribution in [0.4, 0.5) is 5.69 Å². The highest BCUT2D eigenvalue weighted by Crippen LogP contribution is 2.31. The molecule has 3 rings (SSSR count). The highest BCUT2D eigenvalue weighted by Gasteiger charge is 2.19. The molecule has 1 amide bonds. The molecule has 0 aliphatic heterocycles. The third-order valence-corrected chi connectivity index (χ3v) is 8.44. The van der Waals surface area contributed by atoms with Crippen molar-refractivity contribution in [3.8, 4) is 0 Å². The normalized spacial score (nSPS) is 12.3. The van der Waals surface area contributed by atoms with Crippen LogP contribution in [-0.4, -0.2) is 43.9 Å². The topological polar surface area (TPSA) is 78.5 Å². The zero-order chi connectivity index (χ0) is 24.0. The lowest BCUT2D eigenvalue weighted by Crippen LogP contribution is -2.38. The summed E-state index contributed by atoms with van der Waals surface area (Å²) >= 11 is 8.86. The highest BCUT2D eigenvalue weighted by atomic mass is 127. The first-order chi connectivity index (χ1) is 15.7. The van der Waals surface area contributed by atoms with Gasteiger partial charge in [0.2, 0.25) is 15.9 Å². The number of thiocarbonyl (C=S) groups is 1. The summed E-state index contributed by atoms with van der Waals surface area (Å²) in [6.07, 6.45) is 0. The summed E-state index contributed by atoms with van der Waals surface area (Å²) in [6, 6.07) is 20.3. The zero-order valence-corrected chi connectivity index (χ0v) is 22.7. The molecule has 2 N–H and O–H groups in total. The molecule has 1 atom stereocenters. The first-order valence-corrected chi connectivity index (χ1v) is 13.9. The lowest BCUT2D eigenvalue weighted by molar-refractivity contribution is -0.120. The van der Waals surface area contributed by atoms with E-state index in [1.807, 2.05) is 58.7 Å². The molecule has 0 bridgehead atoms. The second-order valence-corrected chi connectivity index (χ2v) is 12.4. The molecule has 0 radical (unpaired) electrons. The van der Waals surface area contributed by atoms with E-state index in [1.165, 1.54) is 11.8 Å². The third-order valence-electron chi connectivity index (χ3n) is 4.86. The number of nitrogens with zero attached hydrogens (tertiary/aromatic N) is 1. The average molecular weight is 614 g/mol. The Balaban J connectivity index is 1.58. The van der Waals surface area contributed by atoms with Crippen LogP contribution in [-0.2, 0) is 14.8 Å². The lowest BCUT2D eigenvalue weighted by atomic mass is 10.1. The van der Waals surface area contributed by atoms with E-state index in [9.17, 15) is 13.2 Å². The number of nitrogens with one attached hydrogen (secondary N) is 2. The first kappa shape index (κ1) is 25.9. The standard InChI is InChI=1S/C23H24IN3O3S3/c1-16(32-23(31)17-8-4-3-5-9-17)22(28)25-14-15-26-33(29,30)21-13-7-10-18-19(21)11-6-12-20(18)27(2)24/h3-13,16,26H,14-15H2,1-2H3,(H,25,28). The van der Waals surface area contributed by atoms with Gasteiger partial charge < -0.3 is 8.43 Å². The molecule has 0 aliphatic carbocycles. The molecule has 6 nitrogen and oxygen atoms in total. The summed E-state index contributed by atoms with van der Waals surface area (Å²) in [4.78, 5) is 12.6. The Morgan fingerprint density at radius 3 is 2.39 bits per heavy atom. The smallest absolute Gasteiger partial charge is 0.241 e. The first-order valence-electron chi connectivity index (χ1n) is 10.2. The Bertz CT molecular complexity index is 1250. The zero-order valence-electron chi connectivity index (χ0n) is 18.1. The Labute approximate surface area is 218 Å². The van der Waals surface area contributed by atoms with Gasteiger partial charge in [0.15, 0.2) is 0 Å². The quantitative estimate of drug-likeness (QED) is 0.160. The van der Waals surface area contributed by atoms with Gasteiger partial charge >= 0.3 is 0 Å². The van der Waals surface area contributed by atoms with Gasteiger partial charge in [0, 0.05) is 30.9 Å². The molecule has 0 saturated heterocycles. The fourth-order valence-electron chi connectivity index (χ4n) is 3.22. The molecule has 3 aromatic rings. The number of hydrogen-bond acceptors (Lipinski definition) is 6. The van der Waals surface area contributed by atoms with E-state index in [4.69, 9.17) is 12.2 Å².